The number of rotatable bonds is 2. The van der Waals surface area contributed by atoms with Crippen LogP contribution in [0.2, 0.25) is 5.02 Å². The first kappa shape index (κ1) is 11.4. The van der Waals surface area contributed by atoms with Crippen LogP contribution in [0.1, 0.15) is 29.9 Å². The molecular weight excluding hydrogens is 231 g/mol. The van der Waals surface area contributed by atoms with Gasteiger partial charge >= 0.3 is 5.97 Å². The number of hydrogen-bond acceptors (Lipinski definition) is 1. The molecule has 0 spiro atoms. The van der Waals surface area contributed by atoms with Gasteiger partial charge < -0.3 is 5.11 Å². The first-order valence-corrected chi connectivity index (χ1v) is 5.62. The van der Waals surface area contributed by atoms with Gasteiger partial charge in [0.15, 0.2) is 0 Å². The van der Waals surface area contributed by atoms with E-state index in [1.54, 1.807) is 12.1 Å². The van der Waals surface area contributed by atoms with Crippen molar-refractivity contribution >= 4 is 17.6 Å². The van der Waals surface area contributed by atoms with Gasteiger partial charge in [-0.15, -0.1) is 0 Å². The summed E-state index contributed by atoms with van der Waals surface area (Å²) in [4.78, 5) is 10.7. The number of halogens is 2. The summed E-state index contributed by atoms with van der Waals surface area (Å²) in [6.45, 7) is 0. The Morgan fingerprint density at radius 1 is 1.56 bits per heavy atom. The lowest BCUT2D eigenvalue weighted by molar-refractivity contribution is -0.143. The van der Waals surface area contributed by atoms with Gasteiger partial charge in [-0.3, -0.25) is 0 Å². The molecule has 0 aliphatic heterocycles. The Morgan fingerprint density at radius 2 is 2.31 bits per heavy atom. The van der Waals surface area contributed by atoms with Crippen molar-refractivity contribution in [3.8, 4) is 0 Å². The standard InChI is InChI=1S/C12H12ClFO2/c13-8-5-4-7-2-1-3-9(10(7)6-8)11(14)12(15)16/h4-6,9,11H,1-3H2,(H,15,16). The smallest absolute Gasteiger partial charge is 0.338 e. The maximum Gasteiger partial charge on any atom is 0.338 e. The van der Waals surface area contributed by atoms with E-state index >= 15 is 0 Å². The van der Waals surface area contributed by atoms with E-state index in [9.17, 15) is 9.18 Å². The van der Waals surface area contributed by atoms with Gasteiger partial charge in [-0.05, 0) is 42.5 Å². The molecule has 1 aromatic carbocycles. The number of aryl methyl sites for hydroxylation is 1. The van der Waals surface area contributed by atoms with Crippen LogP contribution >= 0.6 is 11.6 Å². The zero-order chi connectivity index (χ0) is 11.7. The number of carbonyl (C=O) groups is 1. The molecule has 4 heteroatoms. The van der Waals surface area contributed by atoms with Gasteiger partial charge in [-0.2, -0.15) is 0 Å². The Bertz CT molecular complexity index is 419. The maximum atomic E-state index is 13.6. The molecule has 0 heterocycles. The second-order valence-corrected chi connectivity index (χ2v) is 4.52. The summed E-state index contributed by atoms with van der Waals surface area (Å²) in [7, 11) is 0. The van der Waals surface area contributed by atoms with Crippen LogP contribution in [0.25, 0.3) is 0 Å². The van der Waals surface area contributed by atoms with Crippen molar-refractivity contribution in [2.75, 3.05) is 0 Å². The quantitative estimate of drug-likeness (QED) is 0.865. The van der Waals surface area contributed by atoms with Gasteiger partial charge in [0.25, 0.3) is 0 Å². The maximum absolute atomic E-state index is 13.6. The minimum Gasteiger partial charge on any atom is -0.479 e. The van der Waals surface area contributed by atoms with Crippen molar-refractivity contribution in [2.45, 2.75) is 31.4 Å². The first-order valence-electron chi connectivity index (χ1n) is 5.25. The van der Waals surface area contributed by atoms with E-state index in [-0.39, 0.29) is 0 Å². The minimum absolute atomic E-state index is 0.531. The summed E-state index contributed by atoms with van der Waals surface area (Å²) in [6.07, 6.45) is 0.431. The predicted molar refractivity (Wildman–Crippen MR) is 59.7 cm³/mol. The SMILES string of the molecule is O=C(O)C(F)C1CCCc2ccc(Cl)cc21. The second kappa shape index (κ2) is 4.42. The number of alkyl halides is 1. The average molecular weight is 243 g/mol. The Morgan fingerprint density at radius 3 is 3.00 bits per heavy atom. The van der Waals surface area contributed by atoms with Crippen LogP contribution in [-0.2, 0) is 11.2 Å². The highest BCUT2D eigenvalue weighted by molar-refractivity contribution is 6.30. The normalized spacial score (nSPS) is 21.2. The van der Waals surface area contributed by atoms with Gasteiger partial charge in [0, 0.05) is 10.9 Å². The first-order chi connectivity index (χ1) is 7.59. The molecule has 1 aliphatic carbocycles. The van der Waals surface area contributed by atoms with Gasteiger partial charge in [-0.1, -0.05) is 17.7 Å². The van der Waals surface area contributed by atoms with Crippen LogP contribution in [0.5, 0.6) is 0 Å². The highest BCUT2D eigenvalue weighted by Crippen LogP contribution is 2.36. The van der Waals surface area contributed by atoms with E-state index in [1.807, 2.05) is 6.07 Å². The molecule has 86 valence electrons. The molecular formula is C12H12ClFO2. The summed E-state index contributed by atoms with van der Waals surface area (Å²) in [5.74, 6) is -1.95. The molecule has 1 aliphatic rings. The molecule has 2 unspecified atom stereocenters. The molecule has 16 heavy (non-hydrogen) atoms. The Kier molecular flexibility index (Phi) is 3.15. The van der Waals surface area contributed by atoms with E-state index in [4.69, 9.17) is 16.7 Å². The van der Waals surface area contributed by atoms with Gasteiger partial charge in [-0.25, -0.2) is 9.18 Å². The fourth-order valence-electron chi connectivity index (χ4n) is 2.28. The summed E-state index contributed by atoms with van der Waals surface area (Å²) in [5.41, 5.74) is 1.78. The predicted octanol–water partition coefficient (Wildman–Crippen LogP) is 3.18. The monoisotopic (exact) mass is 242 g/mol. The van der Waals surface area contributed by atoms with E-state index in [1.165, 1.54) is 0 Å². The molecule has 0 aromatic heterocycles. The summed E-state index contributed by atoms with van der Waals surface area (Å²) < 4.78 is 13.6. The highest BCUT2D eigenvalue weighted by Gasteiger charge is 2.32. The van der Waals surface area contributed by atoms with E-state index in [0.717, 1.165) is 24.0 Å². The molecule has 2 nitrogen and oxygen atoms in total. The largest absolute Gasteiger partial charge is 0.479 e. The number of benzene rings is 1. The molecule has 2 rings (SSSR count). The average Bonchev–Trinajstić information content (AvgIpc) is 2.27. The molecule has 0 bridgehead atoms. The Hall–Kier alpha value is -1.09. The van der Waals surface area contributed by atoms with E-state index < -0.39 is 18.1 Å². The number of carboxylic acid groups (broad SMARTS) is 1. The van der Waals surface area contributed by atoms with Crippen LogP contribution in [0.15, 0.2) is 18.2 Å². The third-order valence-electron chi connectivity index (χ3n) is 3.06. The van der Waals surface area contributed by atoms with Crippen molar-refractivity contribution in [2.24, 2.45) is 0 Å². The molecule has 1 aromatic rings. The van der Waals surface area contributed by atoms with E-state index in [2.05, 4.69) is 0 Å². The topological polar surface area (TPSA) is 37.3 Å². The molecule has 2 atom stereocenters. The third kappa shape index (κ3) is 2.05. The zero-order valence-electron chi connectivity index (χ0n) is 8.62. The van der Waals surface area contributed by atoms with Gasteiger partial charge in [0.05, 0.1) is 0 Å². The van der Waals surface area contributed by atoms with Crippen molar-refractivity contribution in [1.82, 2.24) is 0 Å². The van der Waals surface area contributed by atoms with Crippen LogP contribution in [0.4, 0.5) is 4.39 Å². The number of aliphatic carboxylic acids is 1. The Labute approximate surface area is 98.0 Å². The summed E-state index contributed by atoms with van der Waals surface area (Å²) >= 11 is 5.86. The molecule has 0 saturated heterocycles. The van der Waals surface area contributed by atoms with Crippen molar-refractivity contribution in [1.29, 1.82) is 0 Å². The van der Waals surface area contributed by atoms with Crippen LogP contribution in [0, 0.1) is 0 Å². The molecule has 0 radical (unpaired) electrons. The lowest BCUT2D eigenvalue weighted by atomic mass is 9.80. The molecule has 0 saturated carbocycles. The number of hydrogen-bond donors (Lipinski definition) is 1. The van der Waals surface area contributed by atoms with Crippen molar-refractivity contribution < 1.29 is 14.3 Å². The van der Waals surface area contributed by atoms with Gasteiger partial charge in [0.1, 0.15) is 0 Å². The van der Waals surface area contributed by atoms with Crippen molar-refractivity contribution in [3.63, 3.8) is 0 Å². The highest BCUT2D eigenvalue weighted by atomic mass is 35.5. The van der Waals surface area contributed by atoms with Gasteiger partial charge in [0.2, 0.25) is 6.17 Å². The van der Waals surface area contributed by atoms with Crippen LogP contribution in [-0.4, -0.2) is 17.2 Å². The van der Waals surface area contributed by atoms with Crippen LogP contribution < -0.4 is 0 Å². The Balaban J connectivity index is 2.38. The van der Waals surface area contributed by atoms with E-state index in [0.29, 0.717) is 11.4 Å². The molecule has 0 amide bonds. The second-order valence-electron chi connectivity index (χ2n) is 4.08. The summed E-state index contributed by atoms with van der Waals surface area (Å²) in [5, 5.41) is 9.25. The summed E-state index contributed by atoms with van der Waals surface area (Å²) in [6, 6.07) is 5.31. The minimum atomic E-state index is -1.84. The lowest BCUT2D eigenvalue weighted by Gasteiger charge is -2.26. The fourth-order valence-corrected chi connectivity index (χ4v) is 2.46. The molecule has 0 fully saturated rings. The number of fused-ring (bicyclic) bond motifs is 1. The molecule has 1 N–H and O–H groups in total. The zero-order valence-corrected chi connectivity index (χ0v) is 9.38. The lowest BCUT2D eigenvalue weighted by Crippen LogP contribution is -2.26. The van der Waals surface area contributed by atoms with Crippen molar-refractivity contribution in [3.05, 3.63) is 34.3 Å². The number of carboxylic acids is 1. The van der Waals surface area contributed by atoms with Crippen LogP contribution in [0.3, 0.4) is 0 Å². The fraction of sp³-hybridized carbons (Fsp3) is 0.417. The third-order valence-corrected chi connectivity index (χ3v) is 3.29.